The summed E-state index contributed by atoms with van der Waals surface area (Å²) in [6.45, 7) is 9.99. The number of nitrogens with one attached hydrogen (secondary N) is 1. The molecule has 0 unspecified atom stereocenters. The smallest absolute Gasteiger partial charge is 0.407 e. The molecule has 148 valence electrons. The van der Waals surface area contributed by atoms with Gasteiger partial charge >= 0.3 is 6.09 Å². The van der Waals surface area contributed by atoms with E-state index < -0.39 is 11.7 Å². The lowest BCUT2D eigenvalue weighted by Crippen LogP contribution is -2.43. The van der Waals surface area contributed by atoms with Gasteiger partial charge in [0.25, 0.3) is 0 Å². The fourth-order valence-corrected chi connectivity index (χ4v) is 3.40. The Morgan fingerprint density at radius 3 is 2.70 bits per heavy atom. The molecular formula is C21H30N2O3S. The molecule has 1 N–H and O–H groups in total. The summed E-state index contributed by atoms with van der Waals surface area (Å²) < 4.78 is 11.1. The maximum absolute atomic E-state index is 12.1. The van der Waals surface area contributed by atoms with Crippen molar-refractivity contribution in [1.82, 2.24) is 10.3 Å². The predicted octanol–water partition coefficient (Wildman–Crippen LogP) is 4.79. The molecule has 1 amide bonds. The Kier molecular flexibility index (Phi) is 7.92. The largest absolute Gasteiger partial charge is 0.444 e. The van der Waals surface area contributed by atoms with Crippen molar-refractivity contribution in [2.45, 2.75) is 58.1 Å². The molecule has 0 bridgehead atoms. The molecule has 0 radical (unpaired) electrons. The number of nitrogens with zero attached hydrogens (tertiary/aromatic N) is 1. The average molecular weight is 391 g/mol. The summed E-state index contributed by atoms with van der Waals surface area (Å²) in [5.41, 5.74) is 1.65. The van der Waals surface area contributed by atoms with Crippen molar-refractivity contribution in [3.63, 3.8) is 0 Å². The van der Waals surface area contributed by atoms with Crippen LogP contribution in [-0.2, 0) is 15.2 Å². The zero-order valence-electron chi connectivity index (χ0n) is 16.8. The number of carbonyl (C=O) groups is 1. The topological polar surface area (TPSA) is 60.5 Å². The van der Waals surface area contributed by atoms with E-state index in [4.69, 9.17) is 9.47 Å². The Morgan fingerprint density at radius 2 is 2.00 bits per heavy atom. The van der Waals surface area contributed by atoms with Crippen molar-refractivity contribution >= 4 is 28.8 Å². The van der Waals surface area contributed by atoms with Crippen LogP contribution < -0.4 is 5.32 Å². The van der Waals surface area contributed by atoms with Gasteiger partial charge < -0.3 is 14.8 Å². The predicted molar refractivity (Wildman–Crippen MR) is 112 cm³/mol. The van der Waals surface area contributed by atoms with Crippen LogP contribution in [0.1, 0.15) is 40.2 Å². The molecule has 0 aliphatic carbocycles. The first-order valence-electron chi connectivity index (χ1n) is 9.25. The zero-order valence-corrected chi connectivity index (χ0v) is 17.6. The van der Waals surface area contributed by atoms with Crippen molar-refractivity contribution in [2.24, 2.45) is 0 Å². The van der Waals surface area contributed by atoms with Crippen LogP contribution in [0.3, 0.4) is 0 Å². The van der Waals surface area contributed by atoms with E-state index in [9.17, 15) is 4.79 Å². The first kappa shape index (κ1) is 21.5. The average Bonchev–Trinajstić information content (AvgIpc) is 2.57. The number of alkyl carbamates (subject to hydrolysis) is 1. The van der Waals surface area contributed by atoms with E-state index in [1.807, 2.05) is 59.0 Å². The van der Waals surface area contributed by atoms with Crippen molar-refractivity contribution in [3.8, 4) is 0 Å². The van der Waals surface area contributed by atoms with Crippen LogP contribution in [0, 0.1) is 0 Å². The first-order valence-corrected chi connectivity index (χ1v) is 10.4. The third-order valence-corrected chi connectivity index (χ3v) is 4.76. The van der Waals surface area contributed by atoms with Crippen molar-refractivity contribution in [3.05, 3.63) is 42.1 Å². The van der Waals surface area contributed by atoms with Crippen LogP contribution in [0.25, 0.3) is 10.9 Å². The highest BCUT2D eigenvalue weighted by Crippen LogP contribution is 2.18. The third-order valence-electron chi connectivity index (χ3n) is 3.59. The monoisotopic (exact) mass is 390 g/mol. The minimum atomic E-state index is -0.516. The summed E-state index contributed by atoms with van der Waals surface area (Å²) >= 11 is 1.74. The molecule has 0 aliphatic heterocycles. The van der Waals surface area contributed by atoms with Crippen LogP contribution in [0.2, 0.25) is 0 Å². The van der Waals surface area contributed by atoms with E-state index in [1.54, 1.807) is 11.8 Å². The fraction of sp³-hybridized carbons (Fsp3) is 0.524. The van der Waals surface area contributed by atoms with Crippen LogP contribution in [0.4, 0.5) is 4.79 Å². The Hall–Kier alpha value is -1.79. The van der Waals surface area contributed by atoms with E-state index in [2.05, 4.69) is 22.4 Å². The number of para-hydroxylation sites is 1. The van der Waals surface area contributed by atoms with E-state index in [0.29, 0.717) is 6.61 Å². The maximum Gasteiger partial charge on any atom is 0.407 e. The Labute approximate surface area is 166 Å². The van der Waals surface area contributed by atoms with Crippen LogP contribution >= 0.6 is 11.8 Å². The molecular weight excluding hydrogens is 360 g/mol. The number of benzene rings is 1. The molecule has 27 heavy (non-hydrogen) atoms. The van der Waals surface area contributed by atoms with Crippen molar-refractivity contribution < 1.29 is 14.3 Å². The van der Waals surface area contributed by atoms with Gasteiger partial charge in [-0.3, -0.25) is 4.98 Å². The van der Waals surface area contributed by atoms with E-state index in [1.165, 1.54) is 5.56 Å². The lowest BCUT2D eigenvalue weighted by atomic mass is 10.2. The molecule has 0 spiro atoms. The molecule has 1 aromatic heterocycles. The summed E-state index contributed by atoms with van der Waals surface area (Å²) in [5, 5.41) is 4.06. The summed E-state index contributed by atoms with van der Waals surface area (Å²) in [7, 11) is 0. The molecule has 1 heterocycles. The van der Waals surface area contributed by atoms with Gasteiger partial charge in [-0.1, -0.05) is 18.2 Å². The van der Waals surface area contributed by atoms with Gasteiger partial charge in [-0.05, 0) is 52.3 Å². The number of hydrogen-bond donors (Lipinski definition) is 1. The Bertz CT molecular complexity index is 744. The summed E-state index contributed by atoms with van der Waals surface area (Å²) in [4.78, 5) is 16.6. The summed E-state index contributed by atoms with van der Waals surface area (Å²) in [5.74, 6) is 1.56. The quantitative estimate of drug-likeness (QED) is 0.702. The second-order valence-corrected chi connectivity index (χ2v) is 8.81. The summed E-state index contributed by atoms with van der Waals surface area (Å²) in [6, 6.07) is 10.1. The highest BCUT2D eigenvalue weighted by molar-refractivity contribution is 7.98. The Morgan fingerprint density at radius 1 is 1.26 bits per heavy atom. The fourth-order valence-electron chi connectivity index (χ4n) is 2.43. The minimum Gasteiger partial charge on any atom is -0.444 e. The second kappa shape index (κ2) is 9.95. The number of amides is 1. The molecule has 2 aromatic rings. The minimum absolute atomic E-state index is 0.110. The van der Waals surface area contributed by atoms with Gasteiger partial charge in [0.2, 0.25) is 0 Å². The molecule has 0 fully saturated rings. The van der Waals surface area contributed by atoms with Crippen LogP contribution in [-0.4, -0.2) is 41.2 Å². The number of thioether (sulfide) groups is 1. The van der Waals surface area contributed by atoms with Gasteiger partial charge in [0, 0.05) is 23.1 Å². The number of carbonyl (C=O) groups excluding carboxylic acids is 1. The highest BCUT2D eigenvalue weighted by atomic mass is 32.2. The second-order valence-electron chi connectivity index (χ2n) is 7.78. The van der Waals surface area contributed by atoms with Crippen LogP contribution in [0.5, 0.6) is 0 Å². The highest BCUT2D eigenvalue weighted by Gasteiger charge is 2.20. The van der Waals surface area contributed by atoms with Gasteiger partial charge in [-0.25, -0.2) is 4.79 Å². The van der Waals surface area contributed by atoms with E-state index in [-0.39, 0.29) is 12.1 Å². The molecule has 1 atom stereocenters. The molecule has 0 saturated carbocycles. The zero-order chi connectivity index (χ0) is 19.9. The van der Waals surface area contributed by atoms with E-state index in [0.717, 1.165) is 22.4 Å². The van der Waals surface area contributed by atoms with Gasteiger partial charge in [-0.2, -0.15) is 11.8 Å². The number of hydrogen-bond acceptors (Lipinski definition) is 5. The van der Waals surface area contributed by atoms with Gasteiger partial charge in [-0.15, -0.1) is 0 Å². The van der Waals surface area contributed by atoms with Gasteiger partial charge in [0.15, 0.2) is 0 Å². The third kappa shape index (κ3) is 8.18. The molecule has 2 rings (SSSR count). The molecule has 5 nitrogen and oxygen atoms in total. The lowest BCUT2D eigenvalue weighted by Gasteiger charge is -2.24. The standard InChI is InChI=1S/C21H30N2O3S/c1-15(2)25-12-18(23-20(24)26-21(3,4)5)14-27-13-16-10-17-8-6-7-9-19(17)22-11-16/h6-11,15,18H,12-14H2,1-5H3,(H,23,24)/t18-/m0/s1. The molecule has 1 aromatic carbocycles. The van der Waals surface area contributed by atoms with Gasteiger partial charge in [0.1, 0.15) is 5.60 Å². The lowest BCUT2D eigenvalue weighted by molar-refractivity contribution is 0.0380. The molecule has 6 heteroatoms. The SMILES string of the molecule is CC(C)OC[C@@H](CSCc1cnc2ccccc2c1)NC(=O)OC(C)(C)C. The molecule has 0 aliphatic rings. The normalized spacial score (nSPS) is 13.0. The number of rotatable bonds is 8. The number of pyridine rings is 1. The van der Waals surface area contributed by atoms with Crippen molar-refractivity contribution in [2.75, 3.05) is 12.4 Å². The number of fused-ring (bicyclic) bond motifs is 1. The summed E-state index contributed by atoms with van der Waals surface area (Å²) in [6.07, 6.45) is 1.62. The number of aromatic nitrogens is 1. The van der Waals surface area contributed by atoms with E-state index >= 15 is 0 Å². The number of ether oxygens (including phenoxy) is 2. The maximum atomic E-state index is 12.1. The van der Waals surface area contributed by atoms with Crippen LogP contribution in [0.15, 0.2) is 36.5 Å². The molecule has 0 saturated heterocycles. The first-order chi connectivity index (χ1) is 12.7. The van der Waals surface area contributed by atoms with Gasteiger partial charge in [0.05, 0.1) is 24.3 Å². The Balaban J connectivity index is 1.90. The van der Waals surface area contributed by atoms with Crippen molar-refractivity contribution in [1.29, 1.82) is 0 Å².